The Labute approximate surface area is 294 Å². The molecule has 3 atom stereocenters. The third-order valence-corrected chi connectivity index (χ3v) is 8.87. The topological polar surface area (TPSA) is 131 Å². The highest BCUT2D eigenvalue weighted by Crippen LogP contribution is 2.43. The third-order valence-electron chi connectivity index (χ3n) is 7.89. The summed E-state index contributed by atoms with van der Waals surface area (Å²) in [6.45, 7) is 4.01. The van der Waals surface area contributed by atoms with Gasteiger partial charge in [0, 0.05) is 13.0 Å². The molecular formula is C39H71N2O6P. The van der Waals surface area contributed by atoms with Crippen LogP contribution in [0.4, 0.5) is 0 Å². The molecule has 278 valence electrons. The summed E-state index contributed by atoms with van der Waals surface area (Å²) in [6, 6.07) is -0.785. The van der Waals surface area contributed by atoms with Crippen molar-refractivity contribution in [1.29, 1.82) is 0 Å². The molecule has 0 heterocycles. The highest BCUT2D eigenvalue weighted by Gasteiger charge is 2.27. The van der Waals surface area contributed by atoms with Gasteiger partial charge in [0.05, 0.1) is 25.4 Å². The van der Waals surface area contributed by atoms with Gasteiger partial charge in [-0.2, -0.15) is 0 Å². The summed E-state index contributed by atoms with van der Waals surface area (Å²) in [5.74, 6) is -0.187. The lowest BCUT2D eigenvalue weighted by Crippen LogP contribution is -2.46. The largest absolute Gasteiger partial charge is 0.472 e. The van der Waals surface area contributed by atoms with Crippen molar-refractivity contribution in [1.82, 2.24) is 5.32 Å². The van der Waals surface area contributed by atoms with Gasteiger partial charge in [-0.05, 0) is 57.8 Å². The van der Waals surface area contributed by atoms with E-state index >= 15 is 0 Å². The number of phosphoric acid groups is 1. The Morgan fingerprint density at radius 2 is 1.21 bits per heavy atom. The molecule has 0 bridgehead atoms. The van der Waals surface area contributed by atoms with Crippen LogP contribution in [-0.2, 0) is 18.4 Å². The van der Waals surface area contributed by atoms with Crippen molar-refractivity contribution in [2.75, 3.05) is 19.8 Å². The summed E-state index contributed by atoms with van der Waals surface area (Å²) in [5, 5.41) is 13.6. The maximum absolute atomic E-state index is 12.7. The smallest absolute Gasteiger partial charge is 0.391 e. The first-order valence-electron chi connectivity index (χ1n) is 18.9. The second-order valence-corrected chi connectivity index (χ2v) is 13.9. The first-order chi connectivity index (χ1) is 23.4. The standard InChI is InChI=1S/C39H71N2O6P/c1-3-5-7-9-11-13-14-15-16-17-18-19-20-21-22-23-24-25-27-29-31-33-39(43)41-37(36-47-48(44,45)46-35-34-40)38(42)32-30-28-26-12-10-8-6-4-2/h5,7,11,13,15-16,18-19,21-22,37-38,42H,3-4,6,8-10,12,14,17,20,23-36,40H2,1-2H3,(H,41,43)(H,44,45)/b7-5-,13-11-,16-15-,19-18-,22-21-. The summed E-state index contributed by atoms with van der Waals surface area (Å²) >= 11 is 0. The average Bonchev–Trinajstić information content (AvgIpc) is 3.07. The van der Waals surface area contributed by atoms with Crippen LogP contribution in [0.1, 0.15) is 149 Å². The number of carbonyl (C=O) groups excluding carboxylic acids is 1. The predicted molar refractivity (Wildman–Crippen MR) is 203 cm³/mol. The molecule has 0 spiro atoms. The molecule has 0 rings (SSSR count). The molecule has 0 aromatic rings. The summed E-state index contributed by atoms with van der Waals surface area (Å²) in [5.41, 5.74) is 5.35. The van der Waals surface area contributed by atoms with Crippen LogP contribution < -0.4 is 11.1 Å². The van der Waals surface area contributed by atoms with Crippen molar-refractivity contribution in [3.05, 3.63) is 60.8 Å². The number of phosphoric ester groups is 1. The first-order valence-corrected chi connectivity index (χ1v) is 20.4. The minimum atomic E-state index is -4.31. The van der Waals surface area contributed by atoms with Gasteiger partial charge in [0.25, 0.3) is 0 Å². The van der Waals surface area contributed by atoms with Gasteiger partial charge in [-0.3, -0.25) is 13.8 Å². The zero-order chi connectivity index (χ0) is 35.4. The van der Waals surface area contributed by atoms with Crippen LogP contribution in [-0.4, -0.2) is 47.8 Å². The number of nitrogens with two attached hydrogens (primary N) is 1. The van der Waals surface area contributed by atoms with Crippen molar-refractivity contribution in [2.24, 2.45) is 5.73 Å². The molecule has 0 radical (unpaired) electrons. The van der Waals surface area contributed by atoms with Gasteiger partial charge in [0.15, 0.2) is 0 Å². The number of nitrogens with one attached hydrogen (secondary N) is 1. The SMILES string of the molecule is CC/C=C\C/C=C\C/C=C\C/C=C\C/C=C\CCCCCCCC(=O)NC(COP(=O)(O)OCCN)C(O)CCCCCCCCCC. The zero-order valence-corrected chi connectivity index (χ0v) is 31.3. The lowest BCUT2D eigenvalue weighted by Gasteiger charge is -2.25. The minimum Gasteiger partial charge on any atom is -0.391 e. The fraction of sp³-hybridized carbons (Fsp3) is 0.718. The first kappa shape index (κ1) is 46.2. The van der Waals surface area contributed by atoms with Crippen molar-refractivity contribution in [3.8, 4) is 0 Å². The average molecular weight is 695 g/mol. The van der Waals surface area contributed by atoms with Crippen molar-refractivity contribution in [3.63, 3.8) is 0 Å². The van der Waals surface area contributed by atoms with E-state index in [9.17, 15) is 19.4 Å². The van der Waals surface area contributed by atoms with E-state index in [-0.39, 0.29) is 25.7 Å². The number of amides is 1. The van der Waals surface area contributed by atoms with Gasteiger partial charge in [-0.25, -0.2) is 4.57 Å². The van der Waals surface area contributed by atoms with Gasteiger partial charge >= 0.3 is 7.82 Å². The third kappa shape index (κ3) is 32.7. The molecule has 0 aromatic carbocycles. The number of allylic oxidation sites excluding steroid dienone is 10. The summed E-state index contributed by atoms with van der Waals surface area (Å²) in [7, 11) is -4.31. The molecule has 9 heteroatoms. The number of hydrogen-bond acceptors (Lipinski definition) is 6. The molecule has 0 aromatic heterocycles. The fourth-order valence-corrected chi connectivity index (χ4v) is 5.80. The molecule has 0 saturated heterocycles. The fourth-order valence-electron chi connectivity index (χ4n) is 5.04. The molecule has 8 nitrogen and oxygen atoms in total. The quantitative estimate of drug-likeness (QED) is 0.0300. The highest BCUT2D eigenvalue weighted by molar-refractivity contribution is 7.47. The molecule has 0 saturated carbocycles. The van der Waals surface area contributed by atoms with E-state index in [0.29, 0.717) is 12.8 Å². The van der Waals surface area contributed by atoms with Crippen molar-refractivity contribution >= 4 is 13.7 Å². The molecule has 0 fully saturated rings. The number of carbonyl (C=O) groups is 1. The van der Waals surface area contributed by atoms with E-state index in [0.717, 1.165) is 89.9 Å². The second kappa shape index (κ2) is 35.0. The van der Waals surface area contributed by atoms with E-state index in [2.05, 4.69) is 79.9 Å². The Balaban J connectivity index is 4.20. The lowest BCUT2D eigenvalue weighted by molar-refractivity contribution is -0.123. The van der Waals surface area contributed by atoms with Crippen LogP contribution in [0.2, 0.25) is 0 Å². The van der Waals surface area contributed by atoms with E-state index in [1.54, 1.807) is 0 Å². The van der Waals surface area contributed by atoms with Gasteiger partial charge < -0.3 is 21.1 Å². The number of unbranched alkanes of at least 4 members (excludes halogenated alkanes) is 12. The van der Waals surface area contributed by atoms with E-state index in [1.807, 2.05) is 0 Å². The lowest BCUT2D eigenvalue weighted by atomic mass is 10.0. The van der Waals surface area contributed by atoms with Crippen LogP contribution in [0.5, 0.6) is 0 Å². The zero-order valence-electron chi connectivity index (χ0n) is 30.5. The molecule has 1 amide bonds. The monoisotopic (exact) mass is 695 g/mol. The summed E-state index contributed by atoms with van der Waals surface area (Å²) < 4.78 is 22.0. The maximum Gasteiger partial charge on any atom is 0.472 e. The van der Waals surface area contributed by atoms with Gasteiger partial charge in [0.2, 0.25) is 5.91 Å². The summed E-state index contributed by atoms with van der Waals surface area (Å²) in [6.07, 6.45) is 42.4. The molecule has 3 unspecified atom stereocenters. The number of hydrogen-bond donors (Lipinski definition) is 4. The van der Waals surface area contributed by atoms with Gasteiger partial charge in [0.1, 0.15) is 0 Å². The Kier molecular flexibility index (Phi) is 33.7. The Morgan fingerprint density at radius 3 is 1.77 bits per heavy atom. The normalized spacial score (nSPS) is 15.0. The van der Waals surface area contributed by atoms with Gasteiger partial charge in [-0.15, -0.1) is 0 Å². The Hall–Kier alpha value is -1.80. The van der Waals surface area contributed by atoms with Crippen molar-refractivity contribution in [2.45, 2.75) is 161 Å². The minimum absolute atomic E-state index is 0.0819. The van der Waals surface area contributed by atoms with Crippen LogP contribution >= 0.6 is 7.82 Å². The van der Waals surface area contributed by atoms with Crippen LogP contribution in [0.15, 0.2) is 60.8 Å². The molecule has 48 heavy (non-hydrogen) atoms. The maximum atomic E-state index is 12.7. The molecule has 0 aliphatic rings. The van der Waals surface area contributed by atoms with Crippen LogP contribution in [0, 0.1) is 0 Å². The molecule has 0 aliphatic carbocycles. The Bertz CT molecular complexity index is 933. The summed E-state index contributed by atoms with van der Waals surface area (Å²) in [4.78, 5) is 22.6. The van der Waals surface area contributed by atoms with Crippen LogP contribution in [0.3, 0.4) is 0 Å². The molecular weight excluding hydrogens is 623 g/mol. The second-order valence-electron chi connectivity index (χ2n) is 12.4. The molecule has 0 aliphatic heterocycles. The van der Waals surface area contributed by atoms with E-state index < -0.39 is 20.0 Å². The Morgan fingerprint density at radius 1 is 0.708 bits per heavy atom. The number of aliphatic hydroxyl groups excluding tert-OH is 1. The van der Waals surface area contributed by atoms with E-state index in [4.69, 9.17) is 14.8 Å². The molecule has 5 N–H and O–H groups in total. The van der Waals surface area contributed by atoms with Gasteiger partial charge in [-0.1, -0.05) is 145 Å². The van der Waals surface area contributed by atoms with Crippen molar-refractivity contribution < 1.29 is 28.4 Å². The number of rotatable bonds is 34. The highest BCUT2D eigenvalue weighted by atomic mass is 31.2. The predicted octanol–water partition coefficient (Wildman–Crippen LogP) is 9.94. The number of aliphatic hydroxyl groups is 1. The van der Waals surface area contributed by atoms with E-state index in [1.165, 1.54) is 32.1 Å². The van der Waals surface area contributed by atoms with Crippen LogP contribution in [0.25, 0.3) is 0 Å².